The quantitative estimate of drug-likeness (QED) is 0.481. The van der Waals surface area contributed by atoms with Gasteiger partial charge in [-0.25, -0.2) is 14.3 Å². The largest absolute Gasteiger partial charge is 0.462 e. The third-order valence-corrected chi connectivity index (χ3v) is 4.32. The van der Waals surface area contributed by atoms with Crippen LogP contribution in [0.25, 0.3) is 5.69 Å². The molecule has 0 fully saturated rings. The van der Waals surface area contributed by atoms with Crippen molar-refractivity contribution >= 4 is 29.3 Å². The van der Waals surface area contributed by atoms with E-state index in [-0.39, 0.29) is 17.9 Å². The molecule has 9 nitrogen and oxygen atoms in total. The van der Waals surface area contributed by atoms with E-state index in [0.29, 0.717) is 16.1 Å². The molecule has 3 amide bonds. The first kappa shape index (κ1) is 23.3. The number of anilines is 2. The van der Waals surface area contributed by atoms with Crippen molar-refractivity contribution in [2.24, 2.45) is 5.73 Å². The van der Waals surface area contributed by atoms with Crippen LogP contribution in [0.2, 0.25) is 0 Å². The second-order valence-electron chi connectivity index (χ2n) is 6.60. The van der Waals surface area contributed by atoms with Gasteiger partial charge in [0.05, 0.1) is 18.5 Å². The van der Waals surface area contributed by atoms with Gasteiger partial charge in [-0.2, -0.15) is 18.3 Å². The molecule has 0 unspecified atom stereocenters. The highest BCUT2D eigenvalue weighted by molar-refractivity contribution is 6.04. The van der Waals surface area contributed by atoms with Crippen LogP contribution in [0, 0.1) is 0 Å². The van der Waals surface area contributed by atoms with Crippen LogP contribution in [0.5, 0.6) is 0 Å². The Hall–Kier alpha value is -4.35. The van der Waals surface area contributed by atoms with Gasteiger partial charge < -0.3 is 21.1 Å². The van der Waals surface area contributed by atoms with Gasteiger partial charge in [0, 0.05) is 16.9 Å². The van der Waals surface area contributed by atoms with Crippen molar-refractivity contribution in [1.82, 2.24) is 9.78 Å². The summed E-state index contributed by atoms with van der Waals surface area (Å²) in [5.41, 5.74) is 4.09. The van der Waals surface area contributed by atoms with Gasteiger partial charge in [-0.1, -0.05) is 0 Å². The fraction of sp³-hybridized carbons (Fsp3) is 0.143. The maximum atomic E-state index is 13.6. The van der Waals surface area contributed by atoms with Crippen molar-refractivity contribution < 1.29 is 32.3 Å². The minimum absolute atomic E-state index is 0.0257. The van der Waals surface area contributed by atoms with Gasteiger partial charge in [-0.05, 0) is 55.5 Å². The third kappa shape index (κ3) is 5.47. The summed E-state index contributed by atoms with van der Waals surface area (Å²) in [6, 6.07) is 10.6. The zero-order chi connectivity index (χ0) is 24.2. The number of carbonyl (C=O) groups excluding carboxylic acids is 3. The molecule has 0 atom stereocenters. The predicted molar refractivity (Wildman–Crippen MR) is 112 cm³/mol. The number of nitrogens with two attached hydrogens (primary N) is 1. The van der Waals surface area contributed by atoms with Gasteiger partial charge >= 0.3 is 18.2 Å². The Balaban J connectivity index is 1.80. The third-order valence-electron chi connectivity index (χ3n) is 4.32. The number of esters is 1. The zero-order valence-corrected chi connectivity index (χ0v) is 17.1. The molecule has 0 saturated heterocycles. The number of benzene rings is 2. The second-order valence-corrected chi connectivity index (χ2v) is 6.60. The number of urea groups is 1. The SMILES string of the molecule is CCOC(=O)c1cnn(-c2ccc(NC(=O)c3ccc(NC(N)=O)cc3)cc2)c1C(F)(F)F. The first-order valence-electron chi connectivity index (χ1n) is 9.50. The summed E-state index contributed by atoms with van der Waals surface area (Å²) in [7, 11) is 0. The van der Waals surface area contributed by atoms with Gasteiger partial charge in [0.1, 0.15) is 5.56 Å². The van der Waals surface area contributed by atoms with Gasteiger partial charge in [0.2, 0.25) is 0 Å². The number of primary amides is 1. The van der Waals surface area contributed by atoms with Crippen molar-refractivity contribution in [3.63, 3.8) is 0 Å². The van der Waals surface area contributed by atoms with E-state index in [4.69, 9.17) is 5.73 Å². The molecule has 0 saturated carbocycles. The van der Waals surface area contributed by atoms with Gasteiger partial charge in [0.25, 0.3) is 5.91 Å². The molecule has 3 rings (SSSR count). The van der Waals surface area contributed by atoms with Crippen LogP contribution in [0.3, 0.4) is 0 Å². The summed E-state index contributed by atoms with van der Waals surface area (Å²) < 4.78 is 46.1. The maximum Gasteiger partial charge on any atom is 0.434 e. The van der Waals surface area contributed by atoms with E-state index in [9.17, 15) is 27.6 Å². The summed E-state index contributed by atoms with van der Waals surface area (Å²) in [6.45, 7) is 1.40. The smallest absolute Gasteiger partial charge is 0.434 e. The number of amides is 3. The molecular formula is C21H18F3N5O4. The molecule has 0 bridgehead atoms. The normalized spacial score (nSPS) is 11.0. The Morgan fingerprint density at radius 3 is 2.12 bits per heavy atom. The molecule has 2 aromatic carbocycles. The number of ether oxygens (including phenoxy) is 1. The molecule has 1 heterocycles. The van der Waals surface area contributed by atoms with Crippen molar-refractivity contribution in [3.8, 4) is 5.69 Å². The van der Waals surface area contributed by atoms with Crippen LogP contribution in [0.1, 0.15) is 33.3 Å². The summed E-state index contributed by atoms with van der Waals surface area (Å²) in [5, 5.41) is 8.66. The Bertz CT molecular complexity index is 1170. The number of hydrogen-bond acceptors (Lipinski definition) is 5. The van der Waals surface area contributed by atoms with Crippen LogP contribution >= 0.6 is 0 Å². The molecule has 0 aliphatic heterocycles. The number of aromatic nitrogens is 2. The van der Waals surface area contributed by atoms with E-state index in [1.807, 2.05) is 0 Å². The monoisotopic (exact) mass is 461 g/mol. The molecule has 3 aromatic rings. The number of halogens is 3. The Morgan fingerprint density at radius 1 is 1.00 bits per heavy atom. The average Bonchev–Trinajstić information content (AvgIpc) is 3.20. The standard InChI is InChI=1S/C21H18F3N5O4/c1-2-33-19(31)16-11-26-29(17(16)21(22,23)24)15-9-7-13(8-10-15)27-18(30)12-3-5-14(6-4-12)28-20(25)32/h3-11H,2H2,1H3,(H,27,30)(H3,25,28,32). The molecule has 0 spiro atoms. The Kier molecular flexibility index (Phi) is 6.66. The summed E-state index contributed by atoms with van der Waals surface area (Å²) in [4.78, 5) is 35.1. The van der Waals surface area contributed by atoms with E-state index < -0.39 is 35.3 Å². The average molecular weight is 461 g/mol. The van der Waals surface area contributed by atoms with E-state index in [1.54, 1.807) is 0 Å². The fourth-order valence-electron chi connectivity index (χ4n) is 2.91. The predicted octanol–water partition coefficient (Wildman–Crippen LogP) is 3.81. The number of carbonyl (C=O) groups is 3. The highest BCUT2D eigenvalue weighted by Crippen LogP contribution is 2.34. The Labute approximate surface area is 185 Å². The van der Waals surface area contributed by atoms with E-state index >= 15 is 0 Å². The molecule has 0 aliphatic rings. The molecule has 172 valence electrons. The molecule has 0 radical (unpaired) electrons. The minimum Gasteiger partial charge on any atom is -0.462 e. The van der Waals surface area contributed by atoms with Crippen LogP contribution in [-0.2, 0) is 10.9 Å². The number of nitrogens with zero attached hydrogens (tertiary/aromatic N) is 2. The molecule has 1 aromatic heterocycles. The lowest BCUT2D eigenvalue weighted by molar-refractivity contribution is -0.143. The number of alkyl halides is 3. The molecule has 0 aliphatic carbocycles. The van der Waals surface area contributed by atoms with Gasteiger partial charge in [-0.3, -0.25) is 4.79 Å². The highest BCUT2D eigenvalue weighted by Gasteiger charge is 2.41. The molecule has 4 N–H and O–H groups in total. The zero-order valence-electron chi connectivity index (χ0n) is 17.1. The number of hydrogen-bond donors (Lipinski definition) is 3. The maximum absolute atomic E-state index is 13.6. The van der Waals surface area contributed by atoms with Gasteiger partial charge in [-0.15, -0.1) is 0 Å². The fourth-order valence-corrected chi connectivity index (χ4v) is 2.91. The lowest BCUT2D eigenvalue weighted by Gasteiger charge is -2.13. The lowest BCUT2D eigenvalue weighted by Crippen LogP contribution is -2.19. The van der Waals surface area contributed by atoms with Crippen molar-refractivity contribution in [1.29, 1.82) is 0 Å². The van der Waals surface area contributed by atoms with Crippen LogP contribution < -0.4 is 16.4 Å². The highest BCUT2D eigenvalue weighted by atomic mass is 19.4. The van der Waals surface area contributed by atoms with Crippen molar-refractivity contribution in [3.05, 3.63) is 71.5 Å². The van der Waals surface area contributed by atoms with E-state index in [1.165, 1.54) is 55.5 Å². The minimum atomic E-state index is -4.86. The lowest BCUT2D eigenvalue weighted by atomic mass is 10.2. The first-order chi connectivity index (χ1) is 15.6. The molecule has 33 heavy (non-hydrogen) atoms. The summed E-state index contributed by atoms with van der Waals surface area (Å²) in [5.74, 6) is -1.61. The summed E-state index contributed by atoms with van der Waals surface area (Å²) in [6.07, 6.45) is -4.06. The Morgan fingerprint density at radius 2 is 1.58 bits per heavy atom. The topological polar surface area (TPSA) is 128 Å². The van der Waals surface area contributed by atoms with E-state index in [2.05, 4.69) is 20.5 Å². The van der Waals surface area contributed by atoms with Gasteiger partial charge in [0.15, 0.2) is 5.69 Å². The second kappa shape index (κ2) is 9.42. The number of rotatable bonds is 6. The summed E-state index contributed by atoms with van der Waals surface area (Å²) >= 11 is 0. The van der Waals surface area contributed by atoms with Crippen molar-refractivity contribution in [2.45, 2.75) is 13.1 Å². The van der Waals surface area contributed by atoms with E-state index in [0.717, 1.165) is 6.20 Å². The molecule has 12 heteroatoms. The number of nitrogens with one attached hydrogen (secondary N) is 2. The first-order valence-corrected chi connectivity index (χ1v) is 9.50. The molecular weight excluding hydrogens is 443 g/mol. The van der Waals surface area contributed by atoms with Crippen LogP contribution in [-0.4, -0.2) is 34.3 Å². The van der Waals surface area contributed by atoms with Crippen molar-refractivity contribution in [2.75, 3.05) is 17.2 Å². The van der Waals surface area contributed by atoms with Crippen LogP contribution in [0.4, 0.5) is 29.3 Å². The van der Waals surface area contributed by atoms with Crippen LogP contribution in [0.15, 0.2) is 54.7 Å².